The highest BCUT2D eigenvalue weighted by molar-refractivity contribution is 5.66. The zero-order valence-electron chi connectivity index (χ0n) is 20.3. The normalized spacial score (nSPS) is 15.5. The van der Waals surface area contributed by atoms with Crippen LogP contribution in [0.1, 0.15) is 57.7 Å². The fraction of sp³-hybridized carbons (Fsp3) is 0.462. The van der Waals surface area contributed by atoms with Crippen molar-refractivity contribution in [2.24, 2.45) is 10.8 Å². The van der Waals surface area contributed by atoms with E-state index >= 15 is 0 Å². The van der Waals surface area contributed by atoms with Gasteiger partial charge in [0.25, 0.3) is 0 Å². The lowest BCUT2D eigenvalue weighted by Gasteiger charge is -2.27. The first-order valence-electron chi connectivity index (χ1n) is 11.4. The minimum atomic E-state index is -0.284. The zero-order valence-corrected chi connectivity index (χ0v) is 20.3. The van der Waals surface area contributed by atoms with Crippen LogP contribution in [0.3, 0.4) is 0 Å². The molecule has 0 aliphatic heterocycles. The highest BCUT2D eigenvalue weighted by Gasteiger charge is 2.44. The molecule has 2 heterocycles. The average Bonchev–Trinajstić information content (AvgIpc) is 3.42. The molecule has 1 aromatic carbocycles. The Morgan fingerprint density at radius 2 is 1.97 bits per heavy atom. The van der Waals surface area contributed by atoms with Gasteiger partial charge in [-0.25, -0.2) is 9.97 Å². The van der Waals surface area contributed by atoms with E-state index in [1.54, 1.807) is 6.20 Å². The quantitative estimate of drug-likeness (QED) is 0.481. The summed E-state index contributed by atoms with van der Waals surface area (Å²) in [6.07, 6.45) is 7.46. The van der Waals surface area contributed by atoms with Gasteiger partial charge in [0.2, 0.25) is 5.95 Å². The average molecular weight is 445 g/mol. The van der Waals surface area contributed by atoms with Gasteiger partial charge in [-0.1, -0.05) is 20.8 Å². The number of nitrogens with zero attached hydrogens (tertiary/aromatic N) is 5. The van der Waals surface area contributed by atoms with Gasteiger partial charge in [-0.2, -0.15) is 10.4 Å². The van der Waals surface area contributed by atoms with Crippen molar-refractivity contribution in [3.63, 3.8) is 0 Å². The predicted octanol–water partition coefficient (Wildman–Crippen LogP) is 5.99. The van der Waals surface area contributed by atoms with E-state index in [4.69, 9.17) is 9.72 Å². The standard InChI is InChI=1S/C26H32N6O/c1-17-11-20(7-8-22(17)33-16-26(15-27)9-10-26)23-18(2)12-28-24(31-23)30-21-13-29-32(14-21)19(3)25(4,5)6/h7-8,11-14,19H,9-10,16H2,1-6H3,(H,28,30,31). The lowest BCUT2D eigenvalue weighted by Crippen LogP contribution is -2.21. The monoisotopic (exact) mass is 444 g/mol. The Balaban J connectivity index is 1.51. The molecule has 172 valence electrons. The molecule has 1 atom stereocenters. The minimum absolute atomic E-state index is 0.110. The first kappa shape index (κ1) is 22.8. The van der Waals surface area contributed by atoms with Crippen molar-refractivity contribution in [2.45, 2.75) is 60.4 Å². The van der Waals surface area contributed by atoms with Gasteiger partial charge in [0.1, 0.15) is 12.4 Å². The molecular weight excluding hydrogens is 412 g/mol. The van der Waals surface area contributed by atoms with Gasteiger partial charge in [0.15, 0.2) is 0 Å². The van der Waals surface area contributed by atoms with Gasteiger partial charge in [0, 0.05) is 18.0 Å². The maximum absolute atomic E-state index is 9.27. The number of anilines is 2. The Labute approximate surface area is 195 Å². The molecule has 1 N–H and O–H groups in total. The summed E-state index contributed by atoms with van der Waals surface area (Å²) < 4.78 is 7.92. The lowest BCUT2D eigenvalue weighted by molar-refractivity contribution is 0.245. The van der Waals surface area contributed by atoms with Crippen molar-refractivity contribution in [1.82, 2.24) is 19.7 Å². The Hall–Kier alpha value is -3.40. The van der Waals surface area contributed by atoms with Crippen molar-refractivity contribution in [1.29, 1.82) is 5.26 Å². The molecule has 0 radical (unpaired) electrons. The van der Waals surface area contributed by atoms with Gasteiger partial charge >= 0.3 is 0 Å². The van der Waals surface area contributed by atoms with Gasteiger partial charge in [0.05, 0.1) is 35.1 Å². The third-order valence-corrected chi connectivity index (χ3v) is 6.52. The molecule has 1 aliphatic rings. The van der Waals surface area contributed by atoms with Crippen LogP contribution < -0.4 is 10.1 Å². The Kier molecular flexibility index (Phi) is 5.87. The van der Waals surface area contributed by atoms with Crippen LogP contribution in [0.5, 0.6) is 5.75 Å². The Morgan fingerprint density at radius 1 is 1.21 bits per heavy atom. The number of nitrogens with one attached hydrogen (secondary N) is 1. The van der Waals surface area contributed by atoms with Crippen LogP contribution in [0, 0.1) is 36.0 Å². The van der Waals surface area contributed by atoms with E-state index in [1.807, 2.05) is 43.1 Å². The smallest absolute Gasteiger partial charge is 0.227 e. The van der Waals surface area contributed by atoms with Crippen molar-refractivity contribution in [2.75, 3.05) is 11.9 Å². The summed E-state index contributed by atoms with van der Waals surface area (Å²) in [5, 5.41) is 17.1. The molecule has 2 aromatic heterocycles. The molecule has 3 aromatic rings. The molecule has 1 saturated carbocycles. The molecule has 4 rings (SSSR count). The van der Waals surface area contributed by atoms with Gasteiger partial charge in [-0.05, 0) is 68.4 Å². The van der Waals surface area contributed by atoms with E-state index < -0.39 is 0 Å². The van der Waals surface area contributed by atoms with Crippen LogP contribution in [-0.2, 0) is 0 Å². The molecule has 7 nitrogen and oxygen atoms in total. The number of hydrogen-bond acceptors (Lipinski definition) is 6. The first-order chi connectivity index (χ1) is 15.6. The number of nitriles is 1. The molecule has 33 heavy (non-hydrogen) atoms. The second kappa shape index (κ2) is 8.51. The van der Waals surface area contributed by atoms with E-state index in [-0.39, 0.29) is 16.9 Å². The van der Waals surface area contributed by atoms with E-state index in [2.05, 4.69) is 55.2 Å². The maximum atomic E-state index is 9.27. The van der Waals surface area contributed by atoms with Crippen molar-refractivity contribution >= 4 is 11.6 Å². The molecule has 0 spiro atoms. The summed E-state index contributed by atoms with van der Waals surface area (Å²) in [7, 11) is 0. The summed E-state index contributed by atoms with van der Waals surface area (Å²) in [5.41, 5.74) is 4.56. The Bertz CT molecular complexity index is 1200. The summed E-state index contributed by atoms with van der Waals surface area (Å²) in [5.74, 6) is 1.34. The second-order valence-corrected chi connectivity index (χ2v) is 10.3. The first-order valence-corrected chi connectivity index (χ1v) is 11.4. The van der Waals surface area contributed by atoms with Crippen LogP contribution in [0.2, 0.25) is 0 Å². The largest absolute Gasteiger partial charge is 0.492 e. The third kappa shape index (κ3) is 5.00. The summed E-state index contributed by atoms with van der Waals surface area (Å²) in [4.78, 5) is 9.24. The third-order valence-electron chi connectivity index (χ3n) is 6.52. The van der Waals surface area contributed by atoms with E-state index in [0.29, 0.717) is 12.6 Å². The molecular formula is C26H32N6O. The topological polar surface area (TPSA) is 88.7 Å². The highest BCUT2D eigenvalue weighted by atomic mass is 16.5. The summed E-state index contributed by atoms with van der Waals surface area (Å²) in [6.45, 7) is 13.2. The van der Waals surface area contributed by atoms with Crippen LogP contribution in [0.4, 0.5) is 11.6 Å². The van der Waals surface area contributed by atoms with Crippen LogP contribution in [0.15, 0.2) is 36.8 Å². The minimum Gasteiger partial charge on any atom is -0.492 e. The van der Waals surface area contributed by atoms with E-state index in [0.717, 1.165) is 46.7 Å². The van der Waals surface area contributed by atoms with Crippen LogP contribution in [-0.4, -0.2) is 26.4 Å². The van der Waals surface area contributed by atoms with Crippen molar-refractivity contribution in [3.05, 3.63) is 47.9 Å². The van der Waals surface area contributed by atoms with Gasteiger partial charge in [-0.3, -0.25) is 4.68 Å². The lowest BCUT2D eigenvalue weighted by atomic mass is 9.88. The molecule has 1 aliphatic carbocycles. The van der Waals surface area contributed by atoms with Gasteiger partial charge < -0.3 is 10.1 Å². The SMILES string of the molecule is Cc1cc(-c2nc(Nc3cnn(C(C)C(C)(C)C)c3)ncc2C)ccc1OCC1(C#N)CC1. The molecule has 1 fully saturated rings. The zero-order chi connectivity index (χ0) is 23.8. The van der Waals surface area contributed by atoms with Crippen molar-refractivity contribution < 1.29 is 4.74 Å². The van der Waals surface area contributed by atoms with Crippen LogP contribution in [0.25, 0.3) is 11.3 Å². The molecule has 0 amide bonds. The molecule has 0 saturated heterocycles. The predicted molar refractivity (Wildman–Crippen MR) is 129 cm³/mol. The number of ether oxygens (including phenoxy) is 1. The fourth-order valence-corrected chi connectivity index (χ4v) is 3.55. The second-order valence-electron chi connectivity index (χ2n) is 10.3. The summed E-state index contributed by atoms with van der Waals surface area (Å²) >= 11 is 0. The number of aromatic nitrogens is 4. The highest BCUT2D eigenvalue weighted by Crippen LogP contribution is 2.45. The fourth-order valence-electron chi connectivity index (χ4n) is 3.55. The number of aryl methyl sites for hydroxylation is 2. The molecule has 7 heteroatoms. The summed E-state index contributed by atoms with van der Waals surface area (Å²) in [6, 6.07) is 8.68. The van der Waals surface area contributed by atoms with E-state index in [9.17, 15) is 5.26 Å². The Morgan fingerprint density at radius 3 is 2.61 bits per heavy atom. The van der Waals surface area contributed by atoms with Gasteiger partial charge in [-0.15, -0.1) is 0 Å². The maximum Gasteiger partial charge on any atom is 0.227 e. The van der Waals surface area contributed by atoms with Crippen LogP contribution >= 0.6 is 0 Å². The number of hydrogen-bond donors (Lipinski definition) is 1. The molecule has 0 bridgehead atoms. The van der Waals surface area contributed by atoms with E-state index in [1.165, 1.54) is 0 Å². The number of rotatable bonds is 7. The molecule has 1 unspecified atom stereocenters. The number of benzene rings is 1. The van der Waals surface area contributed by atoms with Crippen molar-refractivity contribution in [3.8, 4) is 23.1 Å².